The molecule has 0 radical (unpaired) electrons. The molecule has 8 heteroatoms. The molecular formula is C11H8BrF2N3OS. The number of rotatable bonds is 3. The van der Waals surface area contributed by atoms with Crippen LogP contribution >= 0.6 is 27.3 Å². The largest absolute Gasteiger partial charge is 0.375 e. The van der Waals surface area contributed by atoms with Gasteiger partial charge in [0.1, 0.15) is 16.5 Å². The van der Waals surface area contributed by atoms with E-state index in [2.05, 4.69) is 26.2 Å². The van der Waals surface area contributed by atoms with E-state index in [1.165, 1.54) is 6.20 Å². The molecule has 1 amide bonds. The van der Waals surface area contributed by atoms with Crippen molar-refractivity contribution in [3.8, 4) is 0 Å². The molecule has 19 heavy (non-hydrogen) atoms. The summed E-state index contributed by atoms with van der Waals surface area (Å²) in [5.41, 5.74) is 5.72. The van der Waals surface area contributed by atoms with Crippen molar-refractivity contribution in [1.29, 1.82) is 0 Å². The number of nitrogen functional groups attached to an aromatic ring is 1. The second kappa shape index (κ2) is 5.62. The smallest absolute Gasteiger partial charge is 0.263 e. The number of aromatic nitrogens is 1. The van der Waals surface area contributed by atoms with E-state index in [0.717, 1.165) is 23.5 Å². The Labute approximate surface area is 119 Å². The Bertz CT molecular complexity index is 632. The summed E-state index contributed by atoms with van der Waals surface area (Å²) in [6, 6.07) is 1.91. The summed E-state index contributed by atoms with van der Waals surface area (Å²) in [5, 5.41) is 2.82. The number of hydrogen-bond acceptors (Lipinski definition) is 4. The van der Waals surface area contributed by atoms with Gasteiger partial charge in [0, 0.05) is 12.6 Å². The summed E-state index contributed by atoms with van der Waals surface area (Å²) in [4.78, 5) is 15.8. The monoisotopic (exact) mass is 347 g/mol. The van der Waals surface area contributed by atoms with Crippen molar-refractivity contribution >= 4 is 38.3 Å². The molecule has 0 aliphatic rings. The molecule has 3 N–H and O–H groups in total. The third-order valence-corrected chi connectivity index (χ3v) is 3.97. The fourth-order valence-corrected chi connectivity index (χ4v) is 2.36. The molecule has 1 aromatic carbocycles. The third-order valence-electron chi connectivity index (χ3n) is 2.26. The van der Waals surface area contributed by atoms with Crippen LogP contribution < -0.4 is 11.1 Å². The first-order valence-electron chi connectivity index (χ1n) is 5.10. The molecule has 0 unspecified atom stereocenters. The highest BCUT2D eigenvalue weighted by Gasteiger charge is 2.12. The van der Waals surface area contributed by atoms with Crippen LogP contribution in [0, 0.1) is 11.6 Å². The van der Waals surface area contributed by atoms with Crippen LogP contribution in [0.25, 0.3) is 0 Å². The van der Waals surface area contributed by atoms with E-state index in [4.69, 9.17) is 5.73 Å². The van der Waals surface area contributed by atoms with Crippen molar-refractivity contribution in [1.82, 2.24) is 10.3 Å². The number of nitrogens with two attached hydrogens (primary N) is 1. The van der Waals surface area contributed by atoms with Gasteiger partial charge in [-0.15, -0.1) is 0 Å². The number of nitrogens with one attached hydrogen (secondary N) is 1. The molecule has 0 aliphatic carbocycles. The Kier molecular flexibility index (Phi) is 4.11. The standard InChI is InChI=1S/C11H8BrF2N3OS/c12-9-5(1-6(13)2-7(9)14)3-16-10(18)8-4-17-11(15)19-8/h1-2,4H,3H2,(H2,15,17)(H,16,18). The summed E-state index contributed by atoms with van der Waals surface area (Å²) in [6.45, 7) is -0.00803. The van der Waals surface area contributed by atoms with E-state index in [1.54, 1.807) is 0 Å². The average Bonchev–Trinajstić information content (AvgIpc) is 2.78. The maximum Gasteiger partial charge on any atom is 0.263 e. The average molecular weight is 348 g/mol. The van der Waals surface area contributed by atoms with E-state index in [1.807, 2.05) is 0 Å². The minimum Gasteiger partial charge on any atom is -0.375 e. The lowest BCUT2D eigenvalue weighted by atomic mass is 10.2. The molecule has 0 saturated heterocycles. The minimum absolute atomic E-state index is 0.00803. The Hall–Kier alpha value is -1.54. The van der Waals surface area contributed by atoms with Crippen molar-refractivity contribution < 1.29 is 13.6 Å². The van der Waals surface area contributed by atoms with E-state index < -0.39 is 17.5 Å². The number of halogens is 3. The predicted octanol–water partition coefficient (Wildman–Crippen LogP) is 2.70. The van der Waals surface area contributed by atoms with Gasteiger partial charge in [-0.3, -0.25) is 4.79 Å². The summed E-state index contributed by atoms with van der Waals surface area (Å²) in [5.74, 6) is -1.82. The molecule has 2 rings (SSSR count). The lowest BCUT2D eigenvalue weighted by Crippen LogP contribution is -2.22. The Morgan fingerprint density at radius 1 is 1.47 bits per heavy atom. The van der Waals surface area contributed by atoms with Crippen molar-refractivity contribution in [2.75, 3.05) is 5.73 Å². The van der Waals surface area contributed by atoms with E-state index in [9.17, 15) is 13.6 Å². The van der Waals surface area contributed by atoms with Crippen molar-refractivity contribution in [2.24, 2.45) is 0 Å². The van der Waals surface area contributed by atoms with E-state index >= 15 is 0 Å². The van der Waals surface area contributed by atoms with Crippen molar-refractivity contribution in [3.05, 3.63) is 44.9 Å². The Morgan fingerprint density at radius 2 is 2.21 bits per heavy atom. The first-order chi connectivity index (χ1) is 8.97. The van der Waals surface area contributed by atoms with Gasteiger partial charge >= 0.3 is 0 Å². The molecule has 0 spiro atoms. The maximum atomic E-state index is 13.3. The molecule has 0 aliphatic heterocycles. The molecule has 0 atom stereocenters. The van der Waals surface area contributed by atoms with Gasteiger partial charge in [0.25, 0.3) is 5.91 Å². The van der Waals surface area contributed by atoms with Gasteiger partial charge in [0.2, 0.25) is 0 Å². The molecule has 1 aromatic heterocycles. The van der Waals surface area contributed by atoms with Crippen LogP contribution in [0.3, 0.4) is 0 Å². The molecule has 4 nitrogen and oxygen atoms in total. The van der Waals surface area contributed by atoms with Gasteiger partial charge in [0.15, 0.2) is 5.13 Å². The molecule has 0 saturated carbocycles. The first kappa shape index (κ1) is 13.9. The number of hydrogen-bond donors (Lipinski definition) is 2. The van der Waals surface area contributed by atoms with Crippen LogP contribution in [0.2, 0.25) is 0 Å². The van der Waals surface area contributed by atoms with E-state index in [-0.39, 0.29) is 16.1 Å². The molecule has 1 heterocycles. The van der Waals surface area contributed by atoms with Gasteiger partial charge in [0.05, 0.1) is 10.7 Å². The molecule has 100 valence electrons. The zero-order chi connectivity index (χ0) is 14.0. The third kappa shape index (κ3) is 3.27. The quantitative estimate of drug-likeness (QED) is 0.838. The van der Waals surface area contributed by atoms with Crippen LogP contribution in [0.15, 0.2) is 22.8 Å². The normalized spacial score (nSPS) is 10.5. The number of carbonyl (C=O) groups is 1. The zero-order valence-corrected chi connectivity index (χ0v) is 11.8. The van der Waals surface area contributed by atoms with Gasteiger partial charge in [-0.2, -0.15) is 0 Å². The lowest BCUT2D eigenvalue weighted by Gasteiger charge is -2.07. The Morgan fingerprint density at radius 3 is 2.84 bits per heavy atom. The highest BCUT2D eigenvalue weighted by molar-refractivity contribution is 9.10. The molecule has 2 aromatic rings. The summed E-state index contributed by atoms with van der Waals surface area (Å²) in [6.07, 6.45) is 1.34. The van der Waals surface area contributed by atoms with Crippen LogP contribution in [0.1, 0.15) is 15.2 Å². The lowest BCUT2D eigenvalue weighted by molar-refractivity contribution is 0.0954. The van der Waals surface area contributed by atoms with Gasteiger partial charge < -0.3 is 11.1 Å². The van der Waals surface area contributed by atoms with Crippen LogP contribution in [-0.2, 0) is 6.54 Å². The molecule has 0 fully saturated rings. The molecule has 0 bridgehead atoms. The highest BCUT2D eigenvalue weighted by Crippen LogP contribution is 2.22. The topological polar surface area (TPSA) is 68.0 Å². The number of benzene rings is 1. The number of amides is 1. The van der Waals surface area contributed by atoms with Crippen molar-refractivity contribution in [3.63, 3.8) is 0 Å². The second-order valence-corrected chi connectivity index (χ2v) is 5.46. The second-order valence-electron chi connectivity index (χ2n) is 3.61. The predicted molar refractivity (Wildman–Crippen MR) is 71.8 cm³/mol. The number of carbonyl (C=O) groups excluding carboxylic acids is 1. The number of thiazole rings is 1. The Balaban J connectivity index is 2.09. The first-order valence-corrected chi connectivity index (χ1v) is 6.71. The van der Waals surface area contributed by atoms with Crippen LogP contribution in [0.5, 0.6) is 0 Å². The van der Waals surface area contributed by atoms with Gasteiger partial charge in [-0.1, -0.05) is 11.3 Å². The van der Waals surface area contributed by atoms with Crippen molar-refractivity contribution in [2.45, 2.75) is 6.54 Å². The van der Waals surface area contributed by atoms with Crippen LogP contribution in [0.4, 0.5) is 13.9 Å². The summed E-state index contributed by atoms with van der Waals surface area (Å²) >= 11 is 4.04. The van der Waals surface area contributed by atoms with Gasteiger partial charge in [-0.05, 0) is 27.6 Å². The zero-order valence-electron chi connectivity index (χ0n) is 9.41. The maximum absolute atomic E-state index is 13.3. The molecular weight excluding hydrogens is 340 g/mol. The van der Waals surface area contributed by atoms with E-state index in [0.29, 0.717) is 10.4 Å². The summed E-state index contributed by atoms with van der Waals surface area (Å²) in [7, 11) is 0. The van der Waals surface area contributed by atoms with Gasteiger partial charge in [-0.25, -0.2) is 13.8 Å². The fourth-order valence-electron chi connectivity index (χ4n) is 1.39. The fraction of sp³-hybridized carbons (Fsp3) is 0.0909. The SMILES string of the molecule is Nc1ncc(C(=O)NCc2cc(F)cc(F)c2Br)s1. The number of anilines is 1. The minimum atomic E-state index is -0.716. The summed E-state index contributed by atoms with van der Waals surface area (Å²) < 4.78 is 26.5. The van der Waals surface area contributed by atoms with Crippen LogP contribution in [-0.4, -0.2) is 10.9 Å². The highest BCUT2D eigenvalue weighted by atomic mass is 79.9. The number of nitrogens with zero attached hydrogens (tertiary/aromatic N) is 1.